The lowest BCUT2D eigenvalue weighted by Crippen LogP contribution is -2.58. The molecular formula is C32H38N2O5. The van der Waals surface area contributed by atoms with Gasteiger partial charge in [-0.05, 0) is 54.4 Å². The van der Waals surface area contributed by atoms with Crippen molar-refractivity contribution in [1.82, 2.24) is 10.3 Å². The molecule has 2 fully saturated rings. The highest BCUT2D eigenvalue weighted by atomic mass is 16.3. The quantitative estimate of drug-likeness (QED) is 0.348. The maximum absolute atomic E-state index is 14.2. The molecule has 206 valence electrons. The summed E-state index contributed by atoms with van der Waals surface area (Å²) in [5.41, 5.74) is 1.66. The number of carbonyl (C=O) groups is 3. The number of aromatic nitrogens is 1. The predicted molar refractivity (Wildman–Crippen MR) is 150 cm³/mol. The molecule has 1 aromatic carbocycles. The molecule has 7 heteroatoms. The van der Waals surface area contributed by atoms with Gasteiger partial charge in [0.05, 0.1) is 6.10 Å². The molecule has 3 aliphatic rings. The number of benzene rings is 1. The Kier molecular flexibility index (Phi) is 7.25. The molecule has 1 aromatic heterocycles. The van der Waals surface area contributed by atoms with Crippen molar-refractivity contribution in [2.75, 3.05) is 0 Å². The van der Waals surface area contributed by atoms with Crippen LogP contribution in [0.1, 0.15) is 45.6 Å². The number of carbonyl (C=O) groups excluding carboxylic acids is 3. The van der Waals surface area contributed by atoms with E-state index in [0.29, 0.717) is 24.0 Å². The summed E-state index contributed by atoms with van der Waals surface area (Å²) in [6, 6.07) is 7.60. The third kappa shape index (κ3) is 4.42. The van der Waals surface area contributed by atoms with Crippen molar-refractivity contribution in [3.05, 3.63) is 72.0 Å². The van der Waals surface area contributed by atoms with Crippen LogP contribution in [0.4, 0.5) is 0 Å². The summed E-state index contributed by atoms with van der Waals surface area (Å²) in [6.45, 7) is 9.83. The van der Waals surface area contributed by atoms with Gasteiger partial charge in [-0.1, -0.05) is 56.9 Å². The lowest BCUT2D eigenvalue weighted by Gasteiger charge is -2.49. The topological polar surface area (TPSA) is 119 Å². The number of fused-ring (bicyclic) bond motifs is 1. The number of aliphatic hydroxyl groups is 2. The predicted octanol–water partition coefficient (Wildman–Crippen LogP) is 3.82. The van der Waals surface area contributed by atoms with Crippen molar-refractivity contribution in [2.45, 2.75) is 64.7 Å². The summed E-state index contributed by atoms with van der Waals surface area (Å²) in [6.07, 6.45) is 5.90. The van der Waals surface area contributed by atoms with E-state index >= 15 is 0 Å². The van der Waals surface area contributed by atoms with Gasteiger partial charge >= 0.3 is 0 Å². The van der Waals surface area contributed by atoms with E-state index in [1.165, 1.54) is 0 Å². The average Bonchev–Trinajstić information content (AvgIpc) is 3.45. The maximum Gasteiger partial charge on any atom is 0.235 e. The highest BCUT2D eigenvalue weighted by Crippen LogP contribution is 2.57. The molecule has 7 nitrogen and oxygen atoms in total. The Morgan fingerprint density at radius 1 is 1.10 bits per heavy atom. The van der Waals surface area contributed by atoms with E-state index in [2.05, 4.69) is 16.9 Å². The third-order valence-corrected chi connectivity index (χ3v) is 9.33. The van der Waals surface area contributed by atoms with Gasteiger partial charge in [0.2, 0.25) is 5.91 Å². The zero-order valence-electron chi connectivity index (χ0n) is 22.8. The second kappa shape index (κ2) is 10.4. The third-order valence-electron chi connectivity index (χ3n) is 9.33. The van der Waals surface area contributed by atoms with Gasteiger partial charge in [0, 0.05) is 47.8 Å². The molecule has 1 saturated heterocycles. The summed E-state index contributed by atoms with van der Waals surface area (Å²) < 4.78 is 0. The molecular weight excluding hydrogens is 492 g/mol. The van der Waals surface area contributed by atoms with Gasteiger partial charge in [-0.3, -0.25) is 14.4 Å². The van der Waals surface area contributed by atoms with Gasteiger partial charge in [0.15, 0.2) is 5.78 Å². The molecule has 5 rings (SSSR count). The van der Waals surface area contributed by atoms with Crippen molar-refractivity contribution in [3.63, 3.8) is 0 Å². The van der Waals surface area contributed by atoms with Gasteiger partial charge in [0.1, 0.15) is 17.3 Å². The molecule has 1 amide bonds. The minimum atomic E-state index is -1.54. The second-order valence-corrected chi connectivity index (χ2v) is 11.7. The van der Waals surface area contributed by atoms with Crippen molar-refractivity contribution >= 4 is 28.4 Å². The molecule has 0 unspecified atom stereocenters. The molecule has 8 atom stereocenters. The minimum Gasteiger partial charge on any atom is -0.388 e. The molecule has 1 spiro atoms. The normalized spacial score (nSPS) is 38.1. The molecule has 2 aliphatic carbocycles. The number of ketones is 2. The van der Waals surface area contributed by atoms with Crippen molar-refractivity contribution < 1.29 is 24.6 Å². The van der Waals surface area contributed by atoms with Crippen LogP contribution in [-0.4, -0.2) is 50.9 Å². The lowest BCUT2D eigenvalue weighted by atomic mass is 9.51. The fourth-order valence-corrected chi connectivity index (χ4v) is 7.30. The molecule has 1 saturated carbocycles. The Balaban J connectivity index is 1.60. The number of nitrogens with one attached hydrogen (secondary N) is 2. The number of para-hydroxylation sites is 1. The number of Topliss-reactive ketones (excluding diaryl/α,β-unsaturated/α-hetero) is 2. The number of amides is 1. The van der Waals surface area contributed by atoms with Crippen LogP contribution in [0.2, 0.25) is 0 Å². The largest absolute Gasteiger partial charge is 0.388 e. The van der Waals surface area contributed by atoms with Crippen LogP contribution in [0.3, 0.4) is 0 Å². The van der Waals surface area contributed by atoms with Gasteiger partial charge < -0.3 is 20.5 Å². The summed E-state index contributed by atoms with van der Waals surface area (Å²) >= 11 is 0. The molecule has 39 heavy (non-hydrogen) atoms. The molecule has 0 radical (unpaired) electrons. The molecule has 0 bridgehead atoms. The maximum atomic E-state index is 14.2. The zero-order valence-corrected chi connectivity index (χ0v) is 22.8. The van der Waals surface area contributed by atoms with E-state index < -0.39 is 41.1 Å². The minimum absolute atomic E-state index is 0.0155. The number of rotatable bonds is 2. The summed E-state index contributed by atoms with van der Waals surface area (Å²) in [5.74, 6) is -2.77. The first-order valence-corrected chi connectivity index (χ1v) is 13.9. The van der Waals surface area contributed by atoms with E-state index in [-0.39, 0.29) is 36.5 Å². The highest BCUT2D eigenvalue weighted by Gasteiger charge is 2.68. The number of hydrogen-bond donors (Lipinski definition) is 4. The Bertz CT molecular complexity index is 1390. The molecule has 2 heterocycles. The van der Waals surface area contributed by atoms with Gasteiger partial charge in [-0.15, -0.1) is 0 Å². The van der Waals surface area contributed by atoms with Crippen molar-refractivity contribution in [2.24, 2.45) is 29.1 Å². The van der Waals surface area contributed by atoms with Crippen LogP contribution in [-0.2, 0) is 20.8 Å². The lowest BCUT2D eigenvalue weighted by molar-refractivity contribution is -0.152. The Hall–Kier alpha value is -3.29. The fraction of sp³-hybridized carbons (Fsp3) is 0.469. The second-order valence-electron chi connectivity index (χ2n) is 11.7. The first-order chi connectivity index (χ1) is 18.6. The van der Waals surface area contributed by atoms with Crippen LogP contribution >= 0.6 is 0 Å². The number of H-pyrrole nitrogens is 1. The van der Waals surface area contributed by atoms with Gasteiger partial charge in [-0.2, -0.15) is 0 Å². The van der Waals surface area contributed by atoms with E-state index in [0.717, 1.165) is 16.5 Å². The standard InChI is InChI=1S/C32H38N2O5/c1-17-8-7-10-23-30(38)20(4)19(3)28-25(15-21-16-33-24-11-6-5-9-22(21)24)34-31(39)32(23,28)27(36)13-12-26(35)29(37)18(2)14-17/h5-7,9-11,14,16-17,19,23,25,28-30,33,37-38H,4,8,12-13,15H2,1-3H3,(H,34,39)/b10-7-,18-14-/t17-,19+,23-,25-,28-,29+,30+,32+/m0/s1. The van der Waals surface area contributed by atoms with E-state index in [1.807, 2.05) is 62.5 Å². The number of aromatic amines is 1. The van der Waals surface area contributed by atoms with Crippen molar-refractivity contribution in [3.8, 4) is 0 Å². The van der Waals surface area contributed by atoms with Crippen LogP contribution in [0, 0.1) is 29.1 Å². The van der Waals surface area contributed by atoms with Gasteiger partial charge in [0.25, 0.3) is 0 Å². The molecule has 4 N–H and O–H groups in total. The Labute approximate surface area is 229 Å². The first kappa shape index (κ1) is 27.3. The highest BCUT2D eigenvalue weighted by molar-refractivity contribution is 6.10. The van der Waals surface area contributed by atoms with Crippen LogP contribution in [0.25, 0.3) is 10.9 Å². The number of hydrogen-bond acceptors (Lipinski definition) is 5. The summed E-state index contributed by atoms with van der Waals surface area (Å²) in [7, 11) is 0. The van der Waals surface area contributed by atoms with E-state index in [1.54, 1.807) is 6.92 Å². The summed E-state index contributed by atoms with van der Waals surface area (Å²) in [5, 5.41) is 26.3. The fourth-order valence-electron chi connectivity index (χ4n) is 7.30. The van der Waals surface area contributed by atoms with E-state index in [4.69, 9.17) is 0 Å². The Morgan fingerprint density at radius 3 is 2.62 bits per heavy atom. The smallest absolute Gasteiger partial charge is 0.235 e. The van der Waals surface area contributed by atoms with Crippen LogP contribution in [0.15, 0.2) is 66.4 Å². The van der Waals surface area contributed by atoms with Crippen LogP contribution < -0.4 is 5.32 Å². The summed E-state index contributed by atoms with van der Waals surface area (Å²) in [4.78, 5) is 44.4. The first-order valence-electron chi connectivity index (χ1n) is 13.9. The SMILES string of the molecule is C=C1[C@@H](C)[C@H]2[C@H](Cc3c[nH]c4ccccc34)NC(=O)[C@]23C(=O)CCC(=O)[C@H](O)/C(C)=C\[C@@H](C)C/C=C\[C@H]3[C@@H]1O. The number of allylic oxidation sites excluding steroid dienone is 2. The van der Waals surface area contributed by atoms with Gasteiger partial charge in [-0.25, -0.2) is 0 Å². The zero-order chi connectivity index (χ0) is 28.1. The Morgan fingerprint density at radius 2 is 1.85 bits per heavy atom. The molecule has 1 aliphatic heterocycles. The monoisotopic (exact) mass is 530 g/mol. The van der Waals surface area contributed by atoms with Crippen LogP contribution in [0.5, 0.6) is 0 Å². The average molecular weight is 531 g/mol. The van der Waals surface area contributed by atoms with Crippen molar-refractivity contribution in [1.29, 1.82) is 0 Å². The number of aliphatic hydroxyl groups excluding tert-OH is 2. The molecule has 2 aromatic rings. The van der Waals surface area contributed by atoms with E-state index in [9.17, 15) is 24.6 Å².